The van der Waals surface area contributed by atoms with Gasteiger partial charge in [-0.2, -0.15) is 0 Å². The molecule has 0 aliphatic carbocycles. The lowest BCUT2D eigenvalue weighted by molar-refractivity contribution is -0.275. The molecular formula is C8H6BrF3INO2. The minimum Gasteiger partial charge on any atom is -0.405 e. The number of hydrogen-bond acceptors (Lipinski definition) is 3. The molecule has 1 N–H and O–H groups in total. The average Bonchev–Trinajstić information content (AvgIpc) is 2.19. The second-order valence-corrected chi connectivity index (χ2v) is 4.35. The number of aromatic nitrogens is 1. The Morgan fingerprint density at radius 3 is 2.56 bits per heavy atom. The molecule has 8 heteroatoms. The molecule has 0 aromatic carbocycles. The first-order valence-electron chi connectivity index (χ1n) is 3.98. The van der Waals surface area contributed by atoms with Crippen LogP contribution in [0.3, 0.4) is 0 Å². The highest BCUT2D eigenvalue weighted by atomic mass is 127. The molecule has 0 atom stereocenters. The standard InChI is InChI=1S/C8H6BrF3INO2/c9-2-4-1-6(16-8(10,11)12)7(13)5(3-15)14-4/h1,15H,2-3H2. The molecule has 0 fully saturated rings. The van der Waals surface area contributed by atoms with Gasteiger partial charge in [0.25, 0.3) is 0 Å². The van der Waals surface area contributed by atoms with Crippen molar-refractivity contribution in [3.8, 4) is 5.75 Å². The molecule has 0 saturated heterocycles. The van der Waals surface area contributed by atoms with Crippen molar-refractivity contribution in [1.29, 1.82) is 0 Å². The maximum Gasteiger partial charge on any atom is 0.573 e. The van der Waals surface area contributed by atoms with Crippen LogP contribution in [-0.2, 0) is 11.9 Å². The topological polar surface area (TPSA) is 42.4 Å². The summed E-state index contributed by atoms with van der Waals surface area (Å²) >= 11 is 4.73. The van der Waals surface area contributed by atoms with Crippen molar-refractivity contribution >= 4 is 38.5 Å². The fourth-order valence-corrected chi connectivity index (χ4v) is 1.83. The van der Waals surface area contributed by atoms with E-state index < -0.39 is 13.0 Å². The Morgan fingerprint density at radius 2 is 2.12 bits per heavy atom. The van der Waals surface area contributed by atoms with Gasteiger partial charge in [-0.25, -0.2) is 0 Å². The predicted molar refractivity (Wildman–Crippen MR) is 62.2 cm³/mol. The molecule has 0 radical (unpaired) electrons. The molecule has 1 aromatic rings. The molecule has 1 aromatic heterocycles. The largest absolute Gasteiger partial charge is 0.573 e. The summed E-state index contributed by atoms with van der Waals surface area (Å²) in [6.07, 6.45) is -4.75. The molecule has 16 heavy (non-hydrogen) atoms. The van der Waals surface area contributed by atoms with E-state index in [0.29, 0.717) is 5.69 Å². The quantitative estimate of drug-likeness (QED) is 0.614. The lowest BCUT2D eigenvalue weighted by atomic mass is 10.3. The Labute approximate surface area is 111 Å². The molecule has 0 spiro atoms. The van der Waals surface area contributed by atoms with Crippen LogP contribution in [0.4, 0.5) is 13.2 Å². The first kappa shape index (κ1) is 14.0. The molecule has 90 valence electrons. The number of alkyl halides is 4. The summed E-state index contributed by atoms with van der Waals surface area (Å²) in [4.78, 5) is 3.95. The van der Waals surface area contributed by atoms with Crippen LogP contribution in [0.1, 0.15) is 11.4 Å². The summed E-state index contributed by atoms with van der Waals surface area (Å²) in [7, 11) is 0. The van der Waals surface area contributed by atoms with Crippen LogP contribution in [0.5, 0.6) is 5.75 Å². The van der Waals surface area contributed by atoms with E-state index in [1.165, 1.54) is 6.07 Å². The zero-order valence-corrected chi connectivity index (χ0v) is 11.4. The minimum atomic E-state index is -4.75. The van der Waals surface area contributed by atoms with Gasteiger partial charge in [0, 0.05) is 11.4 Å². The summed E-state index contributed by atoms with van der Waals surface area (Å²) in [6.45, 7) is -0.437. The molecule has 0 aliphatic rings. The van der Waals surface area contributed by atoms with Crippen molar-refractivity contribution in [1.82, 2.24) is 4.98 Å². The van der Waals surface area contributed by atoms with Crippen LogP contribution in [0.2, 0.25) is 0 Å². The number of hydrogen-bond donors (Lipinski definition) is 1. The summed E-state index contributed by atoms with van der Waals surface area (Å²) in [5.74, 6) is -0.346. The Bertz CT molecular complexity index is 386. The number of nitrogens with zero attached hydrogens (tertiary/aromatic N) is 1. The third kappa shape index (κ3) is 3.74. The van der Waals surface area contributed by atoms with Gasteiger partial charge in [-0.05, 0) is 22.6 Å². The van der Waals surface area contributed by atoms with Crippen molar-refractivity contribution in [2.75, 3.05) is 0 Å². The molecular weight excluding hydrogens is 406 g/mol. The lowest BCUT2D eigenvalue weighted by Gasteiger charge is -2.13. The third-order valence-electron chi connectivity index (χ3n) is 1.56. The number of rotatable bonds is 3. The van der Waals surface area contributed by atoms with Gasteiger partial charge in [-0.15, -0.1) is 13.2 Å². The van der Waals surface area contributed by atoms with Crippen LogP contribution >= 0.6 is 38.5 Å². The highest BCUT2D eigenvalue weighted by Crippen LogP contribution is 2.30. The summed E-state index contributed by atoms with van der Waals surface area (Å²) in [5, 5.41) is 9.22. The Balaban J connectivity index is 3.16. The van der Waals surface area contributed by atoms with E-state index in [1.807, 2.05) is 0 Å². The maximum absolute atomic E-state index is 12.1. The van der Waals surface area contributed by atoms with Crippen LogP contribution in [0, 0.1) is 3.57 Å². The highest BCUT2D eigenvalue weighted by Gasteiger charge is 2.32. The van der Waals surface area contributed by atoms with Crippen LogP contribution < -0.4 is 4.74 Å². The highest BCUT2D eigenvalue weighted by molar-refractivity contribution is 14.1. The maximum atomic E-state index is 12.1. The van der Waals surface area contributed by atoms with Crippen molar-refractivity contribution < 1.29 is 23.0 Å². The van der Waals surface area contributed by atoms with Crippen molar-refractivity contribution in [2.45, 2.75) is 18.3 Å². The zero-order valence-electron chi connectivity index (χ0n) is 7.68. The Kier molecular flexibility index (Phi) is 4.80. The number of halogens is 5. The van der Waals surface area contributed by atoms with Gasteiger partial charge in [0.2, 0.25) is 0 Å². The summed E-state index contributed by atoms with van der Waals surface area (Å²) in [6, 6.07) is 1.18. The van der Waals surface area contributed by atoms with E-state index >= 15 is 0 Å². The van der Waals surface area contributed by atoms with E-state index in [1.54, 1.807) is 22.6 Å². The number of aliphatic hydroxyl groups excluding tert-OH is 1. The zero-order chi connectivity index (χ0) is 12.3. The summed E-state index contributed by atoms with van der Waals surface area (Å²) < 4.78 is 40.2. The van der Waals surface area contributed by atoms with Gasteiger partial charge in [0.05, 0.1) is 21.6 Å². The fourth-order valence-electron chi connectivity index (χ4n) is 0.984. The first-order chi connectivity index (χ1) is 7.37. The van der Waals surface area contributed by atoms with Gasteiger partial charge < -0.3 is 9.84 Å². The molecule has 1 heterocycles. The van der Waals surface area contributed by atoms with E-state index in [4.69, 9.17) is 5.11 Å². The molecule has 0 saturated carbocycles. The number of ether oxygens (including phenoxy) is 1. The molecule has 0 bridgehead atoms. The van der Waals surface area contributed by atoms with Gasteiger partial charge >= 0.3 is 6.36 Å². The van der Waals surface area contributed by atoms with Gasteiger partial charge in [0.15, 0.2) is 0 Å². The Hall–Kier alpha value is -0.0900. The molecule has 0 aliphatic heterocycles. The summed E-state index contributed by atoms with van der Waals surface area (Å²) in [5.41, 5.74) is 0.528. The average molecular weight is 412 g/mol. The van der Waals surface area contributed by atoms with Crippen molar-refractivity contribution in [3.63, 3.8) is 0 Å². The van der Waals surface area contributed by atoms with E-state index in [-0.39, 0.29) is 20.3 Å². The predicted octanol–water partition coefficient (Wildman–Crippen LogP) is 2.97. The fraction of sp³-hybridized carbons (Fsp3) is 0.375. The lowest BCUT2D eigenvalue weighted by Crippen LogP contribution is -2.18. The van der Waals surface area contributed by atoms with Crippen LogP contribution in [0.15, 0.2) is 6.07 Å². The molecule has 3 nitrogen and oxygen atoms in total. The number of aliphatic hydroxyl groups is 1. The second kappa shape index (κ2) is 5.50. The molecule has 0 amide bonds. The smallest absolute Gasteiger partial charge is 0.405 e. The third-order valence-corrected chi connectivity index (χ3v) is 3.29. The Morgan fingerprint density at radius 1 is 1.50 bits per heavy atom. The van der Waals surface area contributed by atoms with E-state index in [0.717, 1.165) is 0 Å². The SMILES string of the molecule is OCc1nc(CBr)cc(OC(F)(F)F)c1I. The van der Waals surface area contributed by atoms with Gasteiger partial charge in [-0.1, -0.05) is 15.9 Å². The van der Waals surface area contributed by atoms with E-state index in [9.17, 15) is 13.2 Å². The van der Waals surface area contributed by atoms with Gasteiger partial charge in [0.1, 0.15) is 5.75 Å². The van der Waals surface area contributed by atoms with E-state index in [2.05, 4.69) is 25.7 Å². The van der Waals surface area contributed by atoms with Crippen molar-refractivity contribution in [3.05, 3.63) is 21.0 Å². The van der Waals surface area contributed by atoms with Gasteiger partial charge in [-0.3, -0.25) is 4.98 Å². The molecule has 1 rings (SSSR count). The van der Waals surface area contributed by atoms with Crippen LogP contribution in [-0.4, -0.2) is 16.5 Å². The van der Waals surface area contributed by atoms with Crippen molar-refractivity contribution in [2.24, 2.45) is 0 Å². The second-order valence-electron chi connectivity index (χ2n) is 2.71. The number of pyridine rings is 1. The molecule has 0 unspecified atom stereocenters. The monoisotopic (exact) mass is 411 g/mol. The first-order valence-corrected chi connectivity index (χ1v) is 6.18. The minimum absolute atomic E-state index is 0.155. The normalized spacial score (nSPS) is 11.6. The van der Waals surface area contributed by atoms with Crippen LogP contribution in [0.25, 0.3) is 0 Å².